The molecule has 0 amide bonds. The van der Waals surface area contributed by atoms with E-state index >= 15 is 0 Å². The van der Waals surface area contributed by atoms with Crippen LogP contribution in [0, 0.1) is 17.3 Å². The highest BCUT2D eigenvalue weighted by atomic mass is 14.9. The van der Waals surface area contributed by atoms with Crippen molar-refractivity contribution in [1.29, 1.82) is 0 Å². The normalized spacial score (nSPS) is 39.6. The van der Waals surface area contributed by atoms with Crippen molar-refractivity contribution in [3.05, 3.63) is 0 Å². The molecular weight excluding hydrogens is 122 g/mol. The number of hydrogen-bond acceptors (Lipinski definition) is 1. The van der Waals surface area contributed by atoms with Crippen LogP contribution in [0.3, 0.4) is 0 Å². The lowest BCUT2D eigenvalue weighted by atomic mass is 9.68. The second-order valence-corrected chi connectivity index (χ2v) is 4.28. The van der Waals surface area contributed by atoms with Crippen LogP contribution in [0.15, 0.2) is 0 Å². The molecular formula is C9H19N. The van der Waals surface area contributed by atoms with E-state index in [0.717, 1.165) is 11.8 Å². The molecule has 0 aromatic rings. The van der Waals surface area contributed by atoms with Gasteiger partial charge in [-0.1, -0.05) is 27.7 Å². The van der Waals surface area contributed by atoms with E-state index < -0.39 is 0 Å². The molecule has 1 aliphatic rings. The maximum Gasteiger partial charge on any atom is -0.00178 e. The zero-order chi connectivity index (χ0) is 7.78. The van der Waals surface area contributed by atoms with Crippen molar-refractivity contribution in [3.63, 3.8) is 0 Å². The zero-order valence-electron chi connectivity index (χ0n) is 7.57. The number of nitrogens with one attached hydrogen (secondary N) is 1. The summed E-state index contributed by atoms with van der Waals surface area (Å²) >= 11 is 0. The van der Waals surface area contributed by atoms with E-state index in [2.05, 4.69) is 33.0 Å². The molecule has 0 bridgehead atoms. The highest BCUT2D eigenvalue weighted by Gasteiger charge is 2.34. The third-order valence-electron chi connectivity index (χ3n) is 3.44. The summed E-state index contributed by atoms with van der Waals surface area (Å²) in [7, 11) is 0. The van der Waals surface area contributed by atoms with Gasteiger partial charge in [0.1, 0.15) is 0 Å². The molecule has 60 valence electrons. The van der Waals surface area contributed by atoms with Gasteiger partial charge < -0.3 is 5.32 Å². The van der Waals surface area contributed by atoms with E-state index in [1.807, 2.05) is 0 Å². The minimum absolute atomic E-state index is 0.533. The minimum atomic E-state index is 0.533. The maximum absolute atomic E-state index is 3.44. The Morgan fingerprint density at radius 2 is 1.50 bits per heavy atom. The van der Waals surface area contributed by atoms with Crippen molar-refractivity contribution in [2.75, 3.05) is 13.1 Å². The summed E-state index contributed by atoms with van der Waals surface area (Å²) < 4.78 is 0. The standard InChI is InChI=1S/C9H19N/c1-7-5-10-6-8(2)9(7,3)4/h7-8,10H,5-6H2,1-4H3. The Bertz CT molecular complexity index is 106. The lowest BCUT2D eigenvalue weighted by Gasteiger charge is -2.42. The fourth-order valence-corrected chi connectivity index (χ4v) is 1.53. The third-order valence-corrected chi connectivity index (χ3v) is 3.44. The van der Waals surface area contributed by atoms with Gasteiger partial charge in [-0.05, 0) is 30.3 Å². The average Bonchev–Trinajstić information content (AvgIpc) is 1.84. The average molecular weight is 141 g/mol. The van der Waals surface area contributed by atoms with Gasteiger partial charge in [0.05, 0.1) is 0 Å². The van der Waals surface area contributed by atoms with Crippen LogP contribution < -0.4 is 5.32 Å². The molecule has 0 aromatic heterocycles. The molecule has 1 aliphatic heterocycles. The minimum Gasteiger partial charge on any atom is -0.316 e. The first-order chi connectivity index (χ1) is 4.55. The van der Waals surface area contributed by atoms with Crippen molar-refractivity contribution < 1.29 is 0 Å². The topological polar surface area (TPSA) is 12.0 Å². The Morgan fingerprint density at radius 1 is 1.10 bits per heavy atom. The molecule has 1 heteroatoms. The fraction of sp³-hybridized carbons (Fsp3) is 1.00. The largest absolute Gasteiger partial charge is 0.316 e. The first-order valence-corrected chi connectivity index (χ1v) is 4.26. The zero-order valence-corrected chi connectivity index (χ0v) is 7.57. The van der Waals surface area contributed by atoms with Crippen LogP contribution in [-0.4, -0.2) is 13.1 Å². The molecule has 0 spiro atoms. The number of piperidine rings is 1. The van der Waals surface area contributed by atoms with Crippen LogP contribution in [0.5, 0.6) is 0 Å². The van der Waals surface area contributed by atoms with Gasteiger partial charge in [0.25, 0.3) is 0 Å². The highest BCUT2D eigenvalue weighted by Crippen LogP contribution is 2.36. The van der Waals surface area contributed by atoms with E-state index in [4.69, 9.17) is 0 Å². The van der Waals surface area contributed by atoms with Gasteiger partial charge in [-0.15, -0.1) is 0 Å². The van der Waals surface area contributed by atoms with Crippen molar-refractivity contribution in [3.8, 4) is 0 Å². The summed E-state index contributed by atoms with van der Waals surface area (Å²) in [5.41, 5.74) is 0.533. The molecule has 2 unspecified atom stereocenters. The fourth-order valence-electron chi connectivity index (χ4n) is 1.53. The Labute approximate surface area is 64.2 Å². The molecule has 1 rings (SSSR count). The lowest BCUT2D eigenvalue weighted by Crippen LogP contribution is -2.46. The van der Waals surface area contributed by atoms with E-state index in [-0.39, 0.29) is 0 Å². The van der Waals surface area contributed by atoms with Gasteiger partial charge in [-0.25, -0.2) is 0 Å². The molecule has 0 aliphatic carbocycles. The Kier molecular flexibility index (Phi) is 2.04. The van der Waals surface area contributed by atoms with E-state index in [1.54, 1.807) is 0 Å². The quantitative estimate of drug-likeness (QED) is 0.543. The van der Waals surface area contributed by atoms with Crippen molar-refractivity contribution in [2.45, 2.75) is 27.7 Å². The van der Waals surface area contributed by atoms with E-state index in [0.29, 0.717) is 5.41 Å². The predicted octanol–water partition coefficient (Wildman–Crippen LogP) is 1.89. The summed E-state index contributed by atoms with van der Waals surface area (Å²) in [4.78, 5) is 0. The van der Waals surface area contributed by atoms with Crippen LogP contribution >= 0.6 is 0 Å². The Balaban J connectivity index is 2.63. The monoisotopic (exact) mass is 141 g/mol. The molecule has 2 atom stereocenters. The molecule has 0 aromatic carbocycles. The van der Waals surface area contributed by atoms with Gasteiger partial charge >= 0.3 is 0 Å². The van der Waals surface area contributed by atoms with Crippen LogP contribution in [0.4, 0.5) is 0 Å². The summed E-state index contributed by atoms with van der Waals surface area (Å²) in [6.45, 7) is 11.8. The Morgan fingerprint density at radius 3 is 1.80 bits per heavy atom. The number of hydrogen-bond donors (Lipinski definition) is 1. The molecule has 1 saturated heterocycles. The van der Waals surface area contributed by atoms with Crippen molar-refractivity contribution in [1.82, 2.24) is 5.32 Å². The summed E-state index contributed by atoms with van der Waals surface area (Å²) in [6.07, 6.45) is 0. The summed E-state index contributed by atoms with van der Waals surface area (Å²) in [5.74, 6) is 1.63. The smallest absolute Gasteiger partial charge is 0.00178 e. The van der Waals surface area contributed by atoms with Gasteiger partial charge in [-0.2, -0.15) is 0 Å². The number of rotatable bonds is 0. The molecule has 1 N–H and O–H groups in total. The van der Waals surface area contributed by atoms with Crippen molar-refractivity contribution >= 4 is 0 Å². The molecule has 1 fully saturated rings. The van der Waals surface area contributed by atoms with E-state index in [9.17, 15) is 0 Å². The SMILES string of the molecule is CC1CNCC(C)C1(C)C. The van der Waals surface area contributed by atoms with Gasteiger partial charge in [0.2, 0.25) is 0 Å². The summed E-state index contributed by atoms with van der Waals surface area (Å²) in [6, 6.07) is 0. The second kappa shape index (κ2) is 2.54. The molecule has 0 saturated carbocycles. The molecule has 10 heavy (non-hydrogen) atoms. The van der Waals surface area contributed by atoms with Crippen LogP contribution in [-0.2, 0) is 0 Å². The first-order valence-electron chi connectivity index (χ1n) is 4.26. The second-order valence-electron chi connectivity index (χ2n) is 4.28. The predicted molar refractivity (Wildman–Crippen MR) is 45.0 cm³/mol. The van der Waals surface area contributed by atoms with Gasteiger partial charge in [-0.3, -0.25) is 0 Å². The molecule has 0 radical (unpaired) electrons. The third kappa shape index (κ3) is 1.20. The Hall–Kier alpha value is -0.0400. The van der Waals surface area contributed by atoms with Crippen molar-refractivity contribution in [2.24, 2.45) is 17.3 Å². The summed E-state index contributed by atoms with van der Waals surface area (Å²) in [5, 5.41) is 3.44. The van der Waals surface area contributed by atoms with Gasteiger partial charge in [0, 0.05) is 0 Å². The molecule has 1 heterocycles. The van der Waals surface area contributed by atoms with Crippen LogP contribution in [0.25, 0.3) is 0 Å². The van der Waals surface area contributed by atoms with E-state index in [1.165, 1.54) is 13.1 Å². The van der Waals surface area contributed by atoms with Crippen LogP contribution in [0.2, 0.25) is 0 Å². The van der Waals surface area contributed by atoms with Gasteiger partial charge in [0.15, 0.2) is 0 Å². The molecule has 1 nitrogen and oxygen atoms in total. The van der Waals surface area contributed by atoms with Crippen LogP contribution in [0.1, 0.15) is 27.7 Å². The maximum atomic E-state index is 3.44. The highest BCUT2D eigenvalue weighted by molar-refractivity contribution is 4.86. The first kappa shape index (κ1) is 8.06. The lowest BCUT2D eigenvalue weighted by molar-refractivity contribution is 0.0985.